The molecule has 40 heavy (non-hydrogen) atoms. The lowest BCUT2D eigenvalue weighted by molar-refractivity contribution is -0.118. The average molecular weight is 538 g/mol. The maximum absolute atomic E-state index is 13.3. The summed E-state index contributed by atoms with van der Waals surface area (Å²) in [6, 6.07) is 17.2. The topological polar surface area (TPSA) is 84.7 Å². The summed E-state index contributed by atoms with van der Waals surface area (Å²) < 4.78 is 7.91. The summed E-state index contributed by atoms with van der Waals surface area (Å²) in [6.45, 7) is 7.90. The molecule has 0 saturated heterocycles. The molecular weight excluding hydrogens is 502 g/mol. The van der Waals surface area contributed by atoms with Gasteiger partial charge in [0, 0.05) is 30.4 Å². The van der Waals surface area contributed by atoms with Gasteiger partial charge in [0.25, 0.3) is 0 Å². The van der Waals surface area contributed by atoms with E-state index in [4.69, 9.17) is 4.74 Å². The van der Waals surface area contributed by atoms with Crippen LogP contribution in [-0.2, 0) is 17.8 Å². The molecule has 1 N–H and O–H groups in total. The smallest absolute Gasteiger partial charge is 0.335 e. The Labute approximate surface area is 235 Å². The van der Waals surface area contributed by atoms with Crippen LogP contribution in [0.4, 0.5) is 5.69 Å². The van der Waals surface area contributed by atoms with Crippen molar-refractivity contribution in [3.8, 4) is 16.9 Å². The minimum absolute atomic E-state index is 0.119. The van der Waals surface area contributed by atoms with Crippen molar-refractivity contribution >= 4 is 17.6 Å². The highest BCUT2D eigenvalue weighted by molar-refractivity contribution is 5.96. The number of fused-ring (bicyclic) bond motifs is 1. The molecule has 5 rings (SSSR count). The van der Waals surface area contributed by atoms with Crippen molar-refractivity contribution in [2.24, 2.45) is 0 Å². The molecule has 4 aromatic rings. The van der Waals surface area contributed by atoms with Crippen molar-refractivity contribution in [2.75, 3.05) is 18.1 Å². The molecule has 1 aliphatic rings. The van der Waals surface area contributed by atoms with Gasteiger partial charge in [0.05, 0.1) is 24.9 Å². The van der Waals surface area contributed by atoms with Crippen molar-refractivity contribution < 1.29 is 19.4 Å². The summed E-state index contributed by atoms with van der Waals surface area (Å²) in [5, 5.41) is 13.8. The zero-order valence-corrected chi connectivity index (χ0v) is 23.3. The summed E-state index contributed by atoms with van der Waals surface area (Å²) in [7, 11) is 0. The Morgan fingerprint density at radius 3 is 2.65 bits per heavy atom. The van der Waals surface area contributed by atoms with E-state index in [0.717, 1.165) is 57.7 Å². The summed E-state index contributed by atoms with van der Waals surface area (Å²) in [6.07, 6.45) is 6.72. The number of carbonyl (C=O) groups excluding carboxylic acids is 1. The lowest BCUT2D eigenvalue weighted by atomic mass is 9.93. The first-order chi connectivity index (χ1) is 19.3. The van der Waals surface area contributed by atoms with Gasteiger partial charge in [0.1, 0.15) is 5.75 Å². The van der Waals surface area contributed by atoms with Crippen LogP contribution in [0.25, 0.3) is 11.1 Å². The Morgan fingerprint density at radius 2 is 1.82 bits per heavy atom. The van der Waals surface area contributed by atoms with E-state index in [1.54, 1.807) is 18.2 Å². The van der Waals surface area contributed by atoms with Gasteiger partial charge >= 0.3 is 5.97 Å². The molecule has 206 valence electrons. The second-order valence-corrected chi connectivity index (χ2v) is 10.5. The lowest BCUT2D eigenvalue weighted by Crippen LogP contribution is -2.35. The molecule has 1 aliphatic heterocycles. The number of benzene rings is 3. The summed E-state index contributed by atoms with van der Waals surface area (Å²) >= 11 is 0. The monoisotopic (exact) mass is 537 g/mol. The number of aromatic nitrogens is 2. The molecule has 0 radical (unpaired) electrons. The first-order valence-electron chi connectivity index (χ1n) is 13.8. The van der Waals surface area contributed by atoms with Crippen LogP contribution in [0.15, 0.2) is 67.0 Å². The van der Waals surface area contributed by atoms with Crippen molar-refractivity contribution in [3.63, 3.8) is 0 Å². The van der Waals surface area contributed by atoms with Gasteiger partial charge in [-0.1, -0.05) is 36.4 Å². The Kier molecular flexibility index (Phi) is 8.01. The van der Waals surface area contributed by atoms with E-state index in [-0.39, 0.29) is 11.5 Å². The van der Waals surface area contributed by atoms with E-state index in [1.807, 2.05) is 40.2 Å². The third-order valence-electron chi connectivity index (χ3n) is 7.67. The van der Waals surface area contributed by atoms with E-state index in [9.17, 15) is 14.7 Å². The fourth-order valence-electron chi connectivity index (χ4n) is 5.41. The highest BCUT2D eigenvalue weighted by atomic mass is 16.5. The number of amides is 1. The third-order valence-corrected chi connectivity index (χ3v) is 7.67. The zero-order valence-electron chi connectivity index (χ0n) is 23.3. The Morgan fingerprint density at radius 1 is 1.02 bits per heavy atom. The van der Waals surface area contributed by atoms with Crippen molar-refractivity contribution in [2.45, 2.75) is 53.0 Å². The number of hydrogen-bond donors (Lipinski definition) is 1. The van der Waals surface area contributed by atoms with Gasteiger partial charge < -0.3 is 14.7 Å². The number of nitrogens with zero attached hydrogens (tertiary/aromatic N) is 3. The number of hydrogen-bond acceptors (Lipinski definition) is 4. The van der Waals surface area contributed by atoms with Gasteiger partial charge in [-0.3, -0.25) is 9.48 Å². The van der Waals surface area contributed by atoms with Gasteiger partial charge in [-0.15, -0.1) is 0 Å². The lowest BCUT2D eigenvalue weighted by Gasteiger charge is -2.31. The predicted molar refractivity (Wildman–Crippen MR) is 156 cm³/mol. The summed E-state index contributed by atoms with van der Waals surface area (Å²) in [4.78, 5) is 26.5. The number of carboxylic acids is 1. The third kappa shape index (κ3) is 5.78. The molecule has 0 spiro atoms. The first kappa shape index (κ1) is 27.2. The van der Waals surface area contributed by atoms with E-state index in [0.29, 0.717) is 32.5 Å². The van der Waals surface area contributed by atoms with Crippen LogP contribution < -0.4 is 9.64 Å². The maximum atomic E-state index is 13.3. The van der Waals surface area contributed by atoms with Crippen LogP contribution in [0.2, 0.25) is 0 Å². The van der Waals surface area contributed by atoms with Gasteiger partial charge in [-0.05, 0) is 91.6 Å². The van der Waals surface area contributed by atoms with Crippen molar-refractivity contribution in [1.82, 2.24) is 9.78 Å². The van der Waals surface area contributed by atoms with E-state index >= 15 is 0 Å². The number of anilines is 1. The largest absolute Gasteiger partial charge is 0.493 e. The van der Waals surface area contributed by atoms with Crippen LogP contribution in [0.3, 0.4) is 0 Å². The zero-order chi connectivity index (χ0) is 28.2. The Bertz CT molecular complexity index is 1560. The van der Waals surface area contributed by atoms with Crippen molar-refractivity contribution in [3.05, 3.63) is 100 Å². The molecule has 0 fully saturated rings. The van der Waals surface area contributed by atoms with E-state index in [1.165, 1.54) is 5.56 Å². The minimum Gasteiger partial charge on any atom is -0.493 e. The van der Waals surface area contributed by atoms with Crippen molar-refractivity contribution in [1.29, 1.82) is 0 Å². The molecule has 0 bridgehead atoms. The highest BCUT2D eigenvalue weighted by Gasteiger charge is 2.25. The van der Waals surface area contributed by atoms with Gasteiger partial charge in [0.2, 0.25) is 5.91 Å². The molecule has 1 amide bonds. The highest BCUT2D eigenvalue weighted by Crippen LogP contribution is 2.36. The molecule has 7 heteroatoms. The number of ether oxygens (including phenoxy) is 1. The minimum atomic E-state index is -0.943. The van der Waals surface area contributed by atoms with Gasteiger partial charge in [-0.2, -0.15) is 5.10 Å². The van der Waals surface area contributed by atoms with Crippen LogP contribution in [0.1, 0.15) is 57.4 Å². The summed E-state index contributed by atoms with van der Waals surface area (Å²) in [5.41, 5.74) is 8.81. The molecule has 7 nitrogen and oxygen atoms in total. The quantitative estimate of drug-likeness (QED) is 0.251. The first-order valence-corrected chi connectivity index (χ1v) is 13.8. The number of carboxylic acid groups (broad SMARTS) is 1. The fraction of sp³-hybridized carbons (Fsp3) is 0.303. The normalized spacial score (nSPS) is 12.7. The van der Waals surface area contributed by atoms with Crippen LogP contribution in [-0.4, -0.2) is 39.9 Å². The van der Waals surface area contributed by atoms with Gasteiger partial charge in [0.15, 0.2) is 0 Å². The Balaban J connectivity index is 1.26. The number of rotatable bonds is 9. The number of aryl methyl sites for hydroxylation is 2. The van der Waals surface area contributed by atoms with Crippen LogP contribution >= 0.6 is 0 Å². The summed E-state index contributed by atoms with van der Waals surface area (Å²) in [5.74, 6) is 0.103. The van der Waals surface area contributed by atoms with Gasteiger partial charge in [-0.25, -0.2) is 4.79 Å². The molecule has 2 heterocycles. The van der Waals surface area contributed by atoms with Crippen LogP contribution in [0, 0.1) is 20.8 Å². The molecule has 3 aromatic carbocycles. The Hall–Kier alpha value is -4.39. The number of aromatic carboxylic acids is 1. The molecule has 0 aliphatic carbocycles. The SMILES string of the molecule is Cc1ccc(C)c(OCCCC(=O)N2CCCc3c(-c4cnn(Cc5cccc(C(=O)O)c5)c4)cccc32)c1C. The fourth-order valence-corrected chi connectivity index (χ4v) is 5.41. The molecule has 0 unspecified atom stereocenters. The van der Waals surface area contributed by atoms with E-state index in [2.05, 4.69) is 44.1 Å². The molecular formula is C33H35N3O4. The number of carbonyl (C=O) groups is 2. The molecule has 0 saturated carbocycles. The van der Waals surface area contributed by atoms with Crippen LogP contribution in [0.5, 0.6) is 5.75 Å². The maximum Gasteiger partial charge on any atom is 0.335 e. The average Bonchev–Trinajstić information content (AvgIpc) is 3.42. The standard InChI is InChI=1S/C33H35N3O4/c1-22-14-15-23(2)32(24(22)3)40-17-7-13-31(37)36-16-6-11-29-28(10-5-12-30(29)36)27-19-34-35(21-27)20-25-8-4-9-26(18-25)33(38)39/h4-5,8-10,12,14-15,18-19,21H,6-7,11,13,16-17,20H2,1-3H3,(H,38,39). The van der Waals surface area contributed by atoms with E-state index < -0.39 is 5.97 Å². The second kappa shape index (κ2) is 11.8. The predicted octanol–water partition coefficient (Wildman–Crippen LogP) is 6.36. The molecule has 0 atom stereocenters. The second-order valence-electron chi connectivity index (χ2n) is 10.5. The molecule has 1 aromatic heterocycles.